The summed E-state index contributed by atoms with van der Waals surface area (Å²) in [6.45, 7) is 1.80. The molecule has 4 heteroatoms. The first-order valence-electron chi connectivity index (χ1n) is 5.85. The third kappa shape index (κ3) is 4.13. The fourth-order valence-electron chi connectivity index (χ4n) is 2.07. The third-order valence-electron chi connectivity index (χ3n) is 2.85. The van der Waals surface area contributed by atoms with Crippen LogP contribution in [0.25, 0.3) is 0 Å². The van der Waals surface area contributed by atoms with Crippen molar-refractivity contribution in [3.05, 3.63) is 0 Å². The minimum atomic E-state index is -0.887. The van der Waals surface area contributed by atoms with Gasteiger partial charge in [-0.3, -0.25) is 9.59 Å². The average Bonchev–Trinajstić information content (AvgIpc) is 2.70. The zero-order valence-corrected chi connectivity index (χ0v) is 9.66. The van der Waals surface area contributed by atoms with Crippen LogP contribution in [0, 0.1) is 5.92 Å². The summed E-state index contributed by atoms with van der Waals surface area (Å²) in [5.41, 5.74) is 0. The monoisotopic (exact) mass is 226 g/mol. The fraction of sp³-hybridized carbons (Fsp3) is 0.750. The molecule has 0 atom stereocenters. The summed E-state index contributed by atoms with van der Waals surface area (Å²) < 4.78 is 4.53. The van der Waals surface area contributed by atoms with E-state index >= 15 is 0 Å². The van der Waals surface area contributed by atoms with Crippen molar-refractivity contribution >= 4 is 17.5 Å². The Morgan fingerprint density at radius 1 is 1.19 bits per heavy atom. The Balaban J connectivity index is 2.27. The Hall–Kier alpha value is -1.19. The van der Waals surface area contributed by atoms with Gasteiger partial charge in [-0.25, -0.2) is 4.79 Å². The summed E-state index contributed by atoms with van der Waals surface area (Å²) in [4.78, 5) is 33.7. The molecule has 0 amide bonds. The number of rotatable bonds is 6. The summed E-state index contributed by atoms with van der Waals surface area (Å²) in [6, 6.07) is 0. The summed E-state index contributed by atoms with van der Waals surface area (Å²) in [7, 11) is 0. The van der Waals surface area contributed by atoms with E-state index in [1.54, 1.807) is 6.92 Å². The Morgan fingerprint density at radius 2 is 1.81 bits per heavy atom. The standard InChI is InChI=1S/C12H18O4/c1-2-16-12(15)11(14)8-10(13)7-9-5-3-4-6-9/h9H,2-8H2,1H3. The quantitative estimate of drug-likeness (QED) is 0.392. The molecule has 0 aromatic carbocycles. The van der Waals surface area contributed by atoms with Crippen LogP contribution < -0.4 is 0 Å². The topological polar surface area (TPSA) is 60.4 Å². The third-order valence-corrected chi connectivity index (χ3v) is 2.85. The SMILES string of the molecule is CCOC(=O)C(=O)CC(=O)CC1CCCC1. The molecule has 1 fully saturated rings. The second kappa shape index (κ2) is 6.40. The molecule has 0 N–H and O–H groups in total. The predicted octanol–water partition coefficient (Wildman–Crippen LogP) is 1.66. The molecule has 90 valence electrons. The van der Waals surface area contributed by atoms with Crippen LogP contribution >= 0.6 is 0 Å². The second-order valence-corrected chi connectivity index (χ2v) is 4.21. The minimum Gasteiger partial charge on any atom is -0.460 e. The lowest BCUT2D eigenvalue weighted by atomic mass is 9.98. The van der Waals surface area contributed by atoms with Gasteiger partial charge in [0.1, 0.15) is 5.78 Å². The van der Waals surface area contributed by atoms with Crippen LogP contribution in [0.2, 0.25) is 0 Å². The van der Waals surface area contributed by atoms with Crippen molar-refractivity contribution in [3.8, 4) is 0 Å². The van der Waals surface area contributed by atoms with Gasteiger partial charge >= 0.3 is 5.97 Å². The van der Waals surface area contributed by atoms with Crippen LogP contribution in [-0.2, 0) is 19.1 Å². The van der Waals surface area contributed by atoms with E-state index in [9.17, 15) is 14.4 Å². The number of Topliss-reactive ketones (excluding diaryl/α,β-unsaturated/α-hetero) is 2. The van der Waals surface area contributed by atoms with Crippen LogP contribution in [0.4, 0.5) is 0 Å². The van der Waals surface area contributed by atoms with E-state index in [1.165, 1.54) is 12.8 Å². The van der Waals surface area contributed by atoms with Gasteiger partial charge < -0.3 is 4.74 Å². The van der Waals surface area contributed by atoms with Gasteiger partial charge in [0.05, 0.1) is 13.0 Å². The van der Waals surface area contributed by atoms with Crippen LogP contribution in [0.15, 0.2) is 0 Å². The molecule has 4 nitrogen and oxygen atoms in total. The number of hydrogen-bond donors (Lipinski definition) is 0. The number of hydrogen-bond acceptors (Lipinski definition) is 4. The van der Waals surface area contributed by atoms with E-state index in [0.717, 1.165) is 12.8 Å². The number of carbonyl (C=O) groups is 3. The van der Waals surface area contributed by atoms with E-state index in [0.29, 0.717) is 12.3 Å². The van der Waals surface area contributed by atoms with Gasteiger partial charge in [-0.2, -0.15) is 0 Å². The molecule has 0 radical (unpaired) electrons. The molecule has 1 rings (SSSR count). The smallest absolute Gasteiger partial charge is 0.375 e. The van der Waals surface area contributed by atoms with Gasteiger partial charge in [-0.1, -0.05) is 25.7 Å². The van der Waals surface area contributed by atoms with Gasteiger partial charge in [0.25, 0.3) is 0 Å². The molecule has 0 heterocycles. The average molecular weight is 226 g/mol. The minimum absolute atomic E-state index is 0.134. The van der Waals surface area contributed by atoms with E-state index in [4.69, 9.17) is 0 Å². The molecule has 1 saturated carbocycles. The zero-order valence-electron chi connectivity index (χ0n) is 9.66. The molecule has 0 bridgehead atoms. The summed E-state index contributed by atoms with van der Waals surface area (Å²) >= 11 is 0. The molecule has 1 aliphatic carbocycles. The van der Waals surface area contributed by atoms with E-state index in [-0.39, 0.29) is 18.8 Å². The maximum absolute atomic E-state index is 11.5. The first kappa shape index (κ1) is 12.9. The van der Waals surface area contributed by atoms with Gasteiger partial charge in [0, 0.05) is 6.42 Å². The van der Waals surface area contributed by atoms with Gasteiger partial charge in [0.15, 0.2) is 0 Å². The van der Waals surface area contributed by atoms with Gasteiger partial charge in [0.2, 0.25) is 5.78 Å². The van der Waals surface area contributed by atoms with Crippen molar-refractivity contribution in [3.63, 3.8) is 0 Å². The van der Waals surface area contributed by atoms with Crippen molar-refractivity contribution in [1.82, 2.24) is 0 Å². The van der Waals surface area contributed by atoms with Crippen molar-refractivity contribution in [2.24, 2.45) is 5.92 Å². The first-order chi connectivity index (χ1) is 7.63. The van der Waals surface area contributed by atoms with Crippen molar-refractivity contribution in [1.29, 1.82) is 0 Å². The predicted molar refractivity (Wildman–Crippen MR) is 57.8 cm³/mol. The lowest BCUT2D eigenvalue weighted by molar-refractivity contribution is -0.154. The van der Waals surface area contributed by atoms with Gasteiger partial charge in [-0.15, -0.1) is 0 Å². The van der Waals surface area contributed by atoms with Crippen LogP contribution in [0.5, 0.6) is 0 Å². The molecule has 0 unspecified atom stereocenters. The molecule has 16 heavy (non-hydrogen) atoms. The molecule has 0 aromatic heterocycles. The maximum Gasteiger partial charge on any atom is 0.375 e. The normalized spacial score (nSPS) is 16.1. The highest BCUT2D eigenvalue weighted by atomic mass is 16.5. The van der Waals surface area contributed by atoms with Crippen molar-refractivity contribution in [2.75, 3.05) is 6.61 Å². The lowest BCUT2D eigenvalue weighted by Gasteiger charge is -2.06. The molecule has 1 aliphatic rings. The number of carbonyl (C=O) groups excluding carboxylic acids is 3. The van der Waals surface area contributed by atoms with E-state index < -0.39 is 11.8 Å². The van der Waals surface area contributed by atoms with Crippen LogP contribution in [0.1, 0.15) is 45.4 Å². The molecule has 0 aliphatic heterocycles. The van der Waals surface area contributed by atoms with Crippen molar-refractivity contribution < 1.29 is 19.1 Å². The summed E-state index contributed by atoms with van der Waals surface area (Å²) in [5, 5.41) is 0. The summed E-state index contributed by atoms with van der Waals surface area (Å²) in [6.07, 6.45) is 4.62. The van der Waals surface area contributed by atoms with Crippen LogP contribution in [0.3, 0.4) is 0 Å². The first-order valence-corrected chi connectivity index (χ1v) is 5.85. The highest BCUT2D eigenvalue weighted by molar-refractivity contribution is 6.37. The number of ketones is 2. The highest BCUT2D eigenvalue weighted by Crippen LogP contribution is 2.27. The van der Waals surface area contributed by atoms with Crippen LogP contribution in [-0.4, -0.2) is 24.1 Å². The Bertz CT molecular complexity index is 277. The Labute approximate surface area is 95.3 Å². The maximum atomic E-state index is 11.5. The summed E-state index contributed by atoms with van der Waals surface area (Å²) in [5.74, 6) is -1.32. The number of esters is 1. The van der Waals surface area contributed by atoms with Gasteiger partial charge in [-0.05, 0) is 12.8 Å². The largest absolute Gasteiger partial charge is 0.460 e. The van der Waals surface area contributed by atoms with E-state index in [1.807, 2.05) is 0 Å². The Morgan fingerprint density at radius 3 is 2.38 bits per heavy atom. The fourth-order valence-corrected chi connectivity index (χ4v) is 2.07. The molecular weight excluding hydrogens is 208 g/mol. The number of ether oxygens (including phenoxy) is 1. The Kier molecular flexibility index (Phi) is 5.15. The lowest BCUT2D eigenvalue weighted by Crippen LogP contribution is -2.21. The highest BCUT2D eigenvalue weighted by Gasteiger charge is 2.23. The molecule has 0 spiro atoms. The second-order valence-electron chi connectivity index (χ2n) is 4.21. The van der Waals surface area contributed by atoms with E-state index in [2.05, 4.69) is 4.74 Å². The molecule has 0 aromatic rings. The van der Waals surface area contributed by atoms with Crippen molar-refractivity contribution in [2.45, 2.75) is 45.4 Å². The molecular formula is C12H18O4. The zero-order chi connectivity index (χ0) is 12.0. The molecule has 0 saturated heterocycles.